The maximum atomic E-state index is 5.43. The Morgan fingerprint density at radius 1 is 1.00 bits per heavy atom. The lowest BCUT2D eigenvalue weighted by molar-refractivity contribution is -0.948. The second kappa shape index (κ2) is 6.54. The third-order valence-electron chi connectivity index (χ3n) is 2.12. The molecule has 0 aliphatic heterocycles. The van der Waals surface area contributed by atoms with E-state index in [-0.39, 0.29) is 4.70 Å². The van der Waals surface area contributed by atoms with Crippen molar-refractivity contribution in [3.05, 3.63) is 35.9 Å². The molecule has 0 unspecified atom stereocenters. The van der Waals surface area contributed by atoms with E-state index in [0.29, 0.717) is 0 Å². The number of nitrogens with zero attached hydrogens (tertiary/aromatic N) is 1. The molecule has 0 atom stereocenters. The van der Waals surface area contributed by atoms with Gasteiger partial charge in [0.15, 0.2) is 0 Å². The molecule has 3 heteroatoms. The summed E-state index contributed by atoms with van der Waals surface area (Å²) >= 11 is 0. The number of benzene rings is 1. The summed E-state index contributed by atoms with van der Waals surface area (Å²) in [5.74, 6) is 10.9. The molecule has 0 aliphatic rings. The molecule has 14 heavy (non-hydrogen) atoms. The van der Waals surface area contributed by atoms with Crippen molar-refractivity contribution < 1.29 is 4.70 Å². The maximum Gasteiger partial charge on any atom is 0.111 e. The maximum absolute atomic E-state index is 5.43. The van der Waals surface area contributed by atoms with Crippen LogP contribution in [0.2, 0.25) is 0 Å². The molecule has 0 saturated heterocycles. The molecular weight excluding hydrogens is 174 g/mol. The van der Waals surface area contributed by atoms with Crippen LogP contribution < -0.4 is 11.7 Å². The van der Waals surface area contributed by atoms with Gasteiger partial charge in [-0.05, 0) is 20.8 Å². The predicted molar refractivity (Wildman–Crippen MR) is 60.9 cm³/mol. The van der Waals surface area contributed by atoms with E-state index in [0.717, 1.165) is 13.1 Å². The summed E-state index contributed by atoms with van der Waals surface area (Å²) < 4.78 is 0.139. The van der Waals surface area contributed by atoms with Crippen LogP contribution in [0.5, 0.6) is 0 Å². The monoisotopic (exact) mass is 196 g/mol. The highest BCUT2D eigenvalue weighted by atomic mass is 15.7. The fourth-order valence-corrected chi connectivity index (χ4v) is 0.758. The smallest absolute Gasteiger partial charge is 0.111 e. The van der Waals surface area contributed by atoms with E-state index in [9.17, 15) is 0 Å². The number of nitrogens with two attached hydrogens (primary N) is 2. The van der Waals surface area contributed by atoms with Crippen LogP contribution in [0.25, 0.3) is 0 Å². The van der Waals surface area contributed by atoms with Gasteiger partial charge in [0.25, 0.3) is 0 Å². The van der Waals surface area contributed by atoms with Gasteiger partial charge in [0.05, 0.1) is 0 Å². The molecular formula is C11H22N3+. The Bertz CT molecular complexity index is 226. The normalized spacial score (nSPS) is 10.4. The Balaban J connectivity index is 0.000000241. The number of quaternary nitrogens is 1. The quantitative estimate of drug-likeness (QED) is 0.429. The molecule has 0 bridgehead atoms. The first-order chi connectivity index (χ1) is 6.52. The van der Waals surface area contributed by atoms with E-state index in [1.54, 1.807) is 0 Å². The van der Waals surface area contributed by atoms with Gasteiger partial charge in [-0.1, -0.05) is 35.9 Å². The summed E-state index contributed by atoms with van der Waals surface area (Å²) in [7, 11) is 0. The zero-order valence-electron chi connectivity index (χ0n) is 9.40. The molecule has 1 aromatic rings. The molecule has 0 aliphatic carbocycles. The van der Waals surface area contributed by atoms with Crippen LogP contribution in [0.4, 0.5) is 0 Å². The number of aryl methyl sites for hydroxylation is 1. The van der Waals surface area contributed by atoms with Gasteiger partial charge < -0.3 is 0 Å². The molecule has 4 N–H and O–H groups in total. The van der Waals surface area contributed by atoms with Crippen molar-refractivity contribution in [2.75, 3.05) is 13.1 Å². The van der Waals surface area contributed by atoms with Crippen LogP contribution in [-0.4, -0.2) is 17.8 Å². The second-order valence-electron chi connectivity index (χ2n) is 3.39. The van der Waals surface area contributed by atoms with Crippen molar-refractivity contribution in [3.63, 3.8) is 0 Å². The molecule has 1 aromatic carbocycles. The summed E-state index contributed by atoms with van der Waals surface area (Å²) in [4.78, 5) is 0. The third kappa shape index (κ3) is 6.60. The number of rotatable bonds is 2. The van der Waals surface area contributed by atoms with Crippen molar-refractivity contribution in [2.24, 2.45) is 11.7 Å². The number of hydrogen-bond donors (Lipinski definition) is 2. The number of hydrogen-bond acceptors (Lipinski definition) is 2. The fourth-order valence-electron chi connectivity index (χ4n) is 0.758. The van der Waals surface area contributed by atoms with Crippen molar-refractivity contribution in [2.45, 2.75) is 20.8 Å². The van der Waals surface area contributed by atoms with Crippen molar-refractivity contribution in [3.8, 4) is 0 Å². The van der Waals surface area contributed by atoms with Crippen molar-refractivity contribution >= 4 is 0 Å². The molecule has 3 nitrogen and oxygen atoms in total. The first kappa shape index (κ1) is 13.1. The molecule has 0 aromatic heterocycles. The second-order valence-corrected chi connectivity index (χ2v) is 3.39. The van der Waals surface area contributed by atoms with Gasteiger partial charge >= 0.3 is 0 Å². The van der Waals surface area contributed by atoms with Crippen LogP contribution in [0.3, 0.4) is 0 Å². The van der Waals surface area contributed by atoms with Gasteiger partial charge in [-0.3, -0.25) is 0 Å². The highest BCUT2D eigenvalue weighted by Crippen LogP contribution is 1.92. The van der Waals surface area contributed by atoms with Gasteiger partial charge in [-0.2, -0.15) is 16.4 Å². The van der Waals surface area contributed by atoms with Gasteiger partial charge in [0, 0.05) is 0 Å². The molecule has 0 fully saturated rings. The zero-order chi connectivity index (χ0) is 11.0. The average molecular weight is 196 g/mol. The van der Waals surface area contributed by atoms with E-state index in [2.05, 4.69) is 19.1 Å². The molecule has 0 radical (unpaired) electrons. The zero-order valence-corrected chi connectivity index (χ0v) is 9.40. The predicted octanol–water partition coefficient (Wildman–Crippen LogP) is 1.59. The van der Waals surface area contributed by atoms with Crippen LogP contribution in [0.1, 0.15) is 19.4 Å². The largest absolute Gasteiger partial charge is 0.177 e. The SMILES string of the molecule is CC[N+](N)(N)CC.Cc1ccccc1. The van der Waals surface area contributed by atoms with Crippen molar-refractivity contribution in [1.29, 1.82) is 0 Å². The minimum atomic E-state index is 0.139. The van der Waals surface area contributed by atoms with Gasteiger partial charge in [-0.25, -0.2) is 0 Å². The van der Waals surface area contributed by atoms with E-state index < -0.39 is 0 Å². The molecule has 0 heterocycles. The lowest BCUT2D eigenvalue weighted by Crippen LogP contribution is -2.59. The Morgan fingerprint density at radius 3 is 1.57 bits per heavy atom. The van der Waals surface area contributed by atoms with E-state index in [4.69, 9.17) is 11.7 Å². The van der Waals surface area contributed by atoms with Gasteiger partial charge in [0.2, 0.25) is 0 Å². The Morgan fingerprint density at radius 2 is 1.43 bits per heavy atom. The first-order valence-corrected chi connectivity index (χ1v) is 4.97. The highest BCUT2D eigenvalue weighted by molar-refractivity contribution is 5.11. The molecule has 80 valence electrons. The summed E-state index contributed by atoms with van der Waals surface area (Å²) in [6, 6.07) is 10.3. The Labute approximate surface area is 86.9 Å². The average Bonchev–Trinajstić information content (AvgIpc) is 2.20. The van der Waals surface area contributed by atoms with Gasteiger partial charge in [-0.15, -0.1) is 0 Å². The fraction of sp³-hybridized carbons (Fsp3) is 0.455. The van der Waals surface area contributed by atoms with Crippen molar-refractivity contribution in [1.82, 2.24) is 0 Å². The highest BCUT2D eigenvalue weighted by Gasteiger charge is 2.07. The van der Waals surface area contributed by atoms with Crippen LogP contribution >= 0.6 is 0 Å². The minimum absolute atomic E-state index is 0.139. The molecule has 0 amide bonds. The molecule has 1 rings (SSSR count). The first-order valence-electron chi connectivity index (χ1n) is 4.97. The molecule has 0 saturated carbocycles. The Hall–Kier alpha value is -0.900. The lowest BCUT2D eigenvalue weighted by atomic mass is 10.2. The summed E-state index contributed by atoms with van der Waals surface area (Å²) in [6.45, 7) is 7.58. The standard InChI is InChI=1S/C7H8.C4H14N3/c1-7-5-3-2-4-6-7;1-3-7(5,6)4-2/h2-6H,1H3;3-6H2,1-2H3/q;+1. The van der Waals surface area contributed by atoms with E-state index >= 15 is 0 Å². The third-order valence-corrected chi connectivity index (χ3v) is 2.12. The van der Waals surface area contributed by atoms with Crippen LogP contribution in [0, 0.1) is 6.92 Å². The summed E-state index contributed by atoms with van der Waals surface area (Å²) in [5, 5.41) is 0. The van der Waals surface area contributed by atoms with Gasteiger partial charge in [0.1, 0.15) is 13.1 Å². The van der Waals surface area contributed by atoms with Crippen LogP contribution in [0.15, 0.2) is 30.3 Å². The van der Waals surface area contributed by atoms with Crippen LogP contribution in [-0.2, 0) is 0 Å². The topological polar surface area (TPSA) is 52.0 Å². The van der Waals surface area contributed by atoms with E-state index in [1.165, 1.54) is 5.56 Å². The Kier molecular flexibility index (Phi) is 6.12. The summed E-state index contributed by atoms with van der Waals surface area (Å²) in [6.07, 6.45) is 0. The molecule has 0 spiro atoms. The minimum Gasteiger partial charge on any atom is -0.177 e. The lowest BCUT2D eigenvalue weighted by Gasteiger charge is -2.22. The summed E-state index contributed by atoms with van der Waals surface area (Å²) in [5.41, 5.74) is 1.32. The van der Waals surface area contributed by atoms with E-state index in [1.807, 2.05) is 32.0 Å².